The van der Waals surface area contributed by atoms with Gasteiger partial charge in [-0.05, 0) is 19.9 Å². The van der Waals surface area contributed by atoms with Crippen molar-refractivity contribution in [2.75, 3.05) is 20.0 Å². The monoisotopic (exact) mass is 273 g/mol. The number of methoxy groups -OCH3 is 2. The molecule has 1 aromatic rings. The first-order chi connectivity index (χ1) is 8.45. The van der Waals surface area contributed by atoms with Crippen LogP contribution in [0.4, 0.5) is 0 Å². The van der Waals surface area contributed by atoms with Gasteiger partial charge in [-0.25, -0.2) is 13.1 Å². The highest BCUT2D eigenvalue weighted by atomic mass is 32.2. The number of hydrogen-bond donors (Lipinski definition) is 1. The van der Waals surface area contributed by atoms with Crippen LogP contribution in [0.2, 0.25) is 0 Å². The molecule has 1 N–H and O–H groups in total. The van der Waals surface area contributed by atoms with Gasteiger partial charge in [-0.3, -0.25) is 0 Å². The number of nitrogens with one attached hydrogen (secondary N) is 1. The summed E-state index contributed by atoms with van der Waals surface area (Å²) in [6, 6.07) is 3.59. The van der Waals surface area contributed by atoms with Gasteiger partial charge in [0.25, 0.3) is 0 Å². The zero-order chi connectivity index (χ0) is 13.8. The molecule has 1 aromatic carbocycles. The molecule has 0 unspecified atom stereocenters. The third-order valence-electron chi connectivity index (χ3n) is 2.72. The third-order valence-corrected chi connectivity index (χ3v) is 4.07. The van der Waals surface area contributed by atoms with E-state index >= 15 is 0 Å². The van der Waals surface area contributed by atoms with Crippen molar-refractivity contribution in [3.8, 4) is 11.5 Å². The number of hydrogen-bond acceptors (Lipinski definition) is 4. The SMILES string of the molecule is CCS(=O)(=O)NCc1ccc(OC)c(C)c1OC. The summed E-state index contributed by atoms with van der Waals surface area (Å²) in [5, 5.41) is 0. The maximum absolute atomic E-state index is 11.4. The molecule has 18 heavy (non-hydrogen) atoms. The molecule has 0 saturated carbocycles. The lowest BCUT2D eigenvalue weighted by Gasteiger charge is -2.14. The van der Waals surface area contributed by atoms with Gasteiger partial charge in [0.05, 0.1) is 20.0 Å². The summed E-state index contributed by atoms with van der Waals surface area (Å²) in [4.78, 5) is 0. The van der Waals surface area contributed by atoms with Crippen LogP contribution in [0.25, 0.3) is 0 Å². The molecule has 0 aromatic heterocycles. The molecular formula is C12H19NO4S. The van der Waals surface area contributed by atoms with E-state index in [-0.39, 0.29) is 12.3 Å². The molecule has 0 aliphatic carbocycles. The van der Waals surface area contributed by atoms with Crippen molar-refractivity contribution < 1.29 is 17.9 Å². The van der Waals surface area contributed by atoms with Crippen molar-refractivity contribution in [1.82, 2.24) is 4.72 Å². The molecule has 0 fully saturated rings. The first-order valence-electron chi connectivity index (χ1n) is 5.63. The highest BCUT2D eigenvalue weighted by Gasteiger charge is 2.13. The van der Waals surface area contributed by atoms with Crippen molar-refractivity contribution in [1.29, 1.82) is 0 Å². The molecule has 0 aliphatic rings. The summed E-state index contributed by atoms with van der Waals surface area (Å²) in [6.45, 7) is 3.68. The Balaban J connectivity index is 3.00. The van der Waals surface area contributed by atoms with Crippen LogP contribution in [-0.2, 0) is 16.6 Å². The molecule has 0 radical (unpaired) electrons. The molecule has 0 amide bonds. The minimum absolute atomic E-state index is 0.0600. The summed E-state index contributed by atoms with van der Waals surface area (Å²) < 4.78 is 35.8. The van der Waals surface area contributed by atoms with E-state index in [0.717, 1.165) is 11.1 Å². The largest absolute Gasteiger partial charge is 0.496 e. The molecular weight excluding hydrogens is 254 g/mol. The van der Waals surface area contributed by atoms with Gasteiger partial charge in [0.1, 0.15) is 11.5 Å². The maximum atomic E-state index is 11.4. The normalized spacial score (nSPS) is 11.3. The standard InChI is InChI=1S/C12H19NO4S/c1-5-18(14,15)13-8-10-6-7-11(16-3)9(2)12(10)17-4/h6-7,13H,5,8H2,1-4H3. The molecule has 102 valence electrons. The summed E-state index contributed by atoms with van der Waals surface area (Å²) in [5.41, 5.74) is 1.64. The topological polar surface area (TPSA) is 64.6 Å². The lowest BCUT2D eigenvalue weighted by molar-refractivity contribution is 0.385. The average molecular weight is 273 g/mol. The lowest BCUT2D eigenvalue weighted by Crippen LogP contribution is -2.25. The van der Waals surface area contributed by atoms with E-state index in [9.17, 15) is 8.42 Å². The molecule has 1 rings (SSSR count). The lowest BCUT2D eigenvalue weighted by atomic mass is 10.1. The van der Waals surface area contributed by atoms with Gasteiger partial charge in [0.15, 0.2) is 0 Å². The Morgan fingerprint density at radius 2 is 1.89 bits per heavy atom. The first-order valence-corrected chi connectivity index (χ1v) is 7.28. The van der Waals surface area contributed by atoms with Gasteiger partial charge in [0.2, 0.25) is 10.0 Å². The fourth-order valence-electron chi connectivity index (χ4n) is 1.66. The van der Waals surface area contributed by atoms with E-state index in [1.165, 1.54) is 0 Å². The number of sulfonamides is 1. The van der Waals surface area contributed by atoms with Gasteiger partial charge in [-0.15, -0.1) is 0 Å². The van der Waals surface area contributed by atoms with Crippen molar-refractivity contribution in [3.05, 3.63) is 23.3 Å². The van der Waals surface area contributed by atoms with Crippen LogP contribution in [0.5, 0.6) is 11.5 Å². The van der Waals surface area contributed by atoms with E-state index in [2.05, 4.69) is 4.72 Å². The molecule has 0 spiro atoms. The first kappa shape index (κ1) is 14.8. The summed E-state index contributed by atoms with van der Waals surface area (Å²) >= 11 is 0. The minimum atomic E-state index is -3.21. The van der Waals surface area contributed by atoms with Crippen LogP contribution in [0.1, 0.15) is 18.1 Å². The summed E-state index contributed by atoms with van der Waals surface area (Å²) in [6.07, 6.45) is 0. The molecule has 0 aliphatic heterocycles. The van der Waals surface area contributed by atoms with Gasteiger partial charge in [-0.2, -0.15) is 0 Å². The third kappa shape index (κ3) is 3.36. The quantitative estimate of drug-likeness (QED) is 0.852. The molecule has 0 saturated heterocycles. The molecule has 0 atom stereocenters. The Morgan fingerprint density at radius 1 is 1.22 bits per heavy atom. The second kappa shape index (κ2) is 6.06. The van der Waals surface area contributed by atoms with Crippen molar-refractivity contribution >= 4 is 10.0 Å². The minimum Gasteiger partial charge on any atom is -0.496 e. The number of rotatable bonds is 6. The van der Waals surface area contributed by atoms with Crippen LogP contribution in [0.3, 0.4) is 0 Å². The maximum Gasteiger partial charge on any atom is 0.211 e. The van der Waals surface area contributed by atoms with Crippen LogP contribution in [-0.4, -0.2) is 28.4 Å². The summed E-state index contributed by atoms with van der Waals surface area (Å²) in [5.74, 6) is 1.42. The Bertz CT molecular complexity index is 511. The highest BCUT2D eigenvalue weighted by molar-refractivity contribution is 7.89. The van der Waals surface area contributed by atoms with E-state index in [1.54, 1.807) is 33.3 Å². The van der Waals surface area contributed by atoms with Crippen molar-refractivity contribution in [2.45, 2.75) is 20.4 Å². The molecule has 5 nitrogen and oxygen atoms in total. The summed E-state index contributed by atoms with van der Waals surface area (Å²) in [7, 11) is -0.0683. The van der Waals surface area contributed by atoms with Crippen LogP contribution < -0.4 is 14.2 Å². The number of benzene rings is 1. The zero-order valence-electron chi connectivity index (χ0n) is 11.1. The van der Waals surface area contributed by atoms with Gasteiger partial charge < -0.3 is 9.47 Å². The number of ether oxygens (including phenoxy) is 2. The Labute approximate surface area is 108 Å². The van der Waals surface area contributed by atoms with Crippen LogP contribution in [0, 0.1) is 6.92 Å². The average Bonchev–Trinajstić information content (AvgIpc) is 2.36. The molecule has 0 heterocycles. The Kier molecular flexibility index (Phi) is 4.98. The van der Waals surface area contributed by atoms with E-state index < -0.39 is 10.0 Å². The predicted octanol–water partition coefficient (Wildman–Crippen LogP) is 1.45. The second-order valence-electron chi connectivity index (χ2n) is 3.81. The van der Waals surface area contributed by atoms with Crippen molar-refractivity contribution in [3.63, 3.8) is 0 Å². The highest BCUT2D eigenvalue weighted by Crippen LogP contribution is 2.31. The second-order valence-corrected chi connectivity index (χ2v) is 5.91. The smallest absolute Gasteiger partial charge is 0.211 e. The Hall–Kier alpha value is -1.27. The van der Waals surface area contributed by atoms with E-state index in [1.807, 2.05) is 6.92 Å². The fraction of sp³-hybridized carbons (Fsp3) is 0.500. The van der Waals surface area contributed by atoms with E-state index in [0.29, 0.717) is 11.5 Å². The van der Waals surface area contributed by atoms with Crippen molar-refractivity contribution in [2.24, 2.45) is 0 Å². The van der Waals surface area contributed by atoms with Gasteiger partial charge in [0, 0.05) is 17.7 Å². The zero-order valence-corrected chi connectivity index (χ0v) is 11.9. The van der Waals surface area contributed by atoms with Gasteiger partial charge in [-0.1, -0.05) is 6.07 Å². The molecule has 6 heteroatoms. The van der Waals surface area contributed by atoms with Crippen LogP contribution >= 0.6 is 0 Å². The Morgan fingerprint density at radius 3 is 2.39 bits per heavy atom. The van der Waals surface area contributed by atoms with Gasteiger partial charge >= 0.3 is 0 Å². The van der Waals surface area contributed by atoms with Crippen LogP contribution in [0.15, 0.2) is 12.1 Å². The molecule has 0 bridgehead atoms. The predicted molar refractivity (Wildman–Crippen MR) is 70.6 cm³/mol. The fourth-order valence-corrected chi connectivity index (χ4v) is 2.24. The van der Waals surface area contributed by atoms with E-state index in [4.69, 9.17) is 9.47 Å².